The summed E-state index contributed by atoms with van der Waals surface area (Å²) < 4.78 is 6.27. The van der Waals surface area contributed by atoms with Crippen LogP contribution in [0.15, 0.2) is 18.2 Å². The Morgan fingerprint density at radius 2 is 2.12 bits per heavy atom. The predicted octanol–water partition coefficient (Wildman–Crippen LogP) is 4.48. The van der Waals surface area contributed by atoms with E-state index in [0.717, 1.165) is 31.9 Å². The van der Waals surface area contributed by atoms with Crippen LogP contribution >= 0.6 is 22.9 Å². The number of ether oxygens (including phenoxy) is 1. The highest BCUT2D eigenvalue weighted by Gasteiger charge is 2.09. The highest BCUT2D eigenvalue weighted by molar-refractivity contribution is 7.19. The molecule has 0 saturated heterocycles. The molecule has 0 N–H and O–H groups in total. The van der Waals surface area contributed by atoms with Gasteiger partial charge in [0.2, 0.25) is 0 Å². The quantitative estimate of drug-likeness (QED) is 0.818. The normalized spacial score (nSPS) is 10.6. The Morgan fingerprint density at radius 3 is 2.65 bits per heavy atom. The van der Waals surface area contributed by atoms with Gasteiger partial charge in [0, 0.05) is 5.56 Å². The molecule has 0 fully saturated rings. The third kappa shape index (κ3) is 2.61. The van der Waals surface area contributed by atoms with Gasteiger partial charge >= 0.3 is 0 Å². The average Bonchev–Trinajstić information content (AvgIpc) is 2.62. The second kappa shape index (κ2) is 5.07. The summed E-state index contributed by atoms with van der Waals surface area (Å²) in [5.74, 6) is 0.927. The Hall–Kier alpha value is -1.06. The van der Waals surface area contributed by atoms with Gasteiger partial charge in [-0.15, -0.1) is 11.3 Å². The van der Waals surface area contributed by atoms with E-state index in [-0.39, 0.29) is 0 Å². The second-order valence-corrected chi connectivity index (χ2v) is 5.39. The van der Waals surface area contributed by atoms with E-state index in [1.807, 2.05) is 32.9 Å². The number of benzene rings is 1. The van der Waals surface area contributed by atoms with E-state index in [4.69, 9.17) is 16.3 Å². The fourth-order valence-corrected chi connectivity index (χ4v) is 2.65. The summed E-state index contributed by atoms with van der Waals surface area (Å²) in [6, 6.07) is 6.09. The molecule has 0 saturated carbocycles. The molecule has 4 heteroatoms. The van der Waals surface area contributed by atoms with Crippen molar-refractivity contribution in [2.24, 2.45) is 0 Å². The van der Waals surface area contributed by atoms with Crippen molar-refractivity contribution in [2.45, 2.75) is 20.8 Å². The van der Waals surface area contributed by atoms with Gasteiger partial charge in [0.15, 0.2) is 0 Å². The van der Waals surface area contributed by atoms with Crippen LogP contribution in [0.25, 0.3) is 10.6 Å². The first kappa shape index (κ1) is 12.4. The molecule has 0 radical (unpaired) electrons. The van der Waals surface area contributed by atoms with Gasteiger partial charge in [-0.25, -0.2) is 4.98 Å². The molecule has 2 nitrogen and oxygen atoms in total. The monoisotopic (exact) mass is 267 g/mol. The highest BCUT2D eigenvalue weighted by atomic mass is 35.5. The molecule has 90 valence electrons. The van der Waals surface area contributed by atoms with Gasteiger partial charge in [-0.05, 0) is 44.5 Å². The lowest BCUT2D eigenvalue weighted by atomic mass is 10.1. The lowest BCUT2D eigenvalue weighted by Crippen LogP contribution is -1.93. The molecule has 17 heavy (non-hydrogen) atoms. The molecule has 0 aliphatic heterocycles. The maximum atomic E-state index is 6.03. The lowest BCUT2D eigenvalue weighted by molar-refractivity contribution is 0.338. The van der Waals surface area contributed by atoms with Gasteiger partial charge in [0.25, 0.3) is 0 Å². The van der Waals surface area contributed by atoms with E-state index in [1.165, 1.54) is 11.3 Å². The Bertz CT molecular complexity index is 517. The third-order valence-electron chi connectivity index (χ3n) is 2.46. The summed E-state index contributed by atoms with van der Waals surface area (Å²) in [6.07, 6.45) is 0. The predicted molar refractivity (Wildman–Crippen MR) is 73.2 cm³/mol. The third-order valence-corrected chi connectivity index (χ3v) is 3.96. The van der Waals surface area contributed by atoms with Crippen molar-refractivity contribution in [2.75, 3.05) is 6.61 Å². The molecule has 0 aliphatic rings. The summed E-state index contributed by atoms with van der Waals surface area (Å²) >= 11 is 7.54. The molecule has 1 aromatic heterocycles. The minimum Gasteiger partial charge on any atom is -0.494 e. The van der Waals surface area contributed by atoms with Crippen LogP contribution in [0.4, 0.5) is 0 Å². The molecular formula is C13H14ClNOS. The standard InChI is InChI=1S/C13H14ClNOS/c1-4-16-11-6-5-10(7-8(11)2)13-15-9(3)12(14)17-13/h5-7H,4H2,1-3H3. The van der Waals surface area contributed by atoms with E-state index in [2.05, 4.69) is 11.1 Å². The second-order valence-electron chi connectivity index (χ2n) is 3.79. The van der Waals surface area contributed by atoms with E-state index < -0.39 is 0 Å². The van der Waals surface area contributed by atoms with E-state index in [1.54, 1.807) is 0 Å². The zero-order chi connectivity index (χ0) is 12.4. The summed E-state index contributed by atoms with van der Waals surface area (Å²) in [5, 5.41) is 0.957. The fourth-order valence-electron chi connectivity index (χ4n) is 1.60. The number of nitrogens with zero attached hydrogens (tertiary/aromatic N) is 1. The van der Waals surface area contributed by atoms with Crippen LogP contribution in [0.1, 0.15) is 18.2 Å². The van der Waals surface area contributed by atoms with Crippen LogP contribution in [0.5, 0.6) is 5.75 Å². The van der Waals surface area contributed by atoms with Crippen molar-refractivity contribution in [3.05, 3.63) is 33.8 Å². The SMILES string of the molecule is CCOc1ccc(-c2nc(C)c(Cl)s2)cc1C. The van der Waals surface area contributed by atoms with E-state index in [9.17, 15) is 0 Å². The largest absolute Gasteiger partial charge is 0.494 e. The van der Waals surface area contributed by atoms with E-state index >= 15 is 0 Å². The van der Waals surface area contributed by atoms with Crippen molar-refractivity contribution in [3.8, 4) is 16.3 Å². The van der Waals surface area contributed by atoms with E-state index in [0.29, 0.717) is 6.61 Å². The molecule has 0 atom stereocenters. The number of aryl methyl sites for hydroxylation is 2. The molecule has 1 aromatic carbocycles. The first-order valence-corrected chi connectivity index (χ1v) is 6.68. The number of aromatic nitrogens is 1. The topological polar surface area (TPSA) is 22.1 Å². The minimum atomic E-state index is 0.683. The van der Waals surface area contributed by atoms with Gasteiger partial charge in [-0.1, -0.05) is 11.6 Å². The molecule has 0 aliphatic carbocycles. The summed E-state index contributed by atoms with van der Waals surface area (Å²) in [7, 11) is 0. The van der Waals surface area contributed by atoms with Crippen LogP contribution in [0.2, 0.25) is 4.34 Å². The van der Waals surface area contributed by atoms with Crippen molar-refractivity contribution in [1.29, 1.82) is 0 Å². The smallest absolute Gasteiger partial charge is 0.125 e. The van der Waals surface area contributed by atoms with Gasteiger partial charge in [-0.2, -0.15) is 0 Å². The first-order chi connectivity index (χ1) is 8.11. The molecule has 2 rings (SSSR count). The molecule has 0 spiro atoms. The van der Waals surface area contributed by atoms with Crippen molar-refractivity contribution in [3.63, 3.8) is 0 Å². The number of hydrogen-bond donors (Lipinski definition) is 0. The van der Waals surface area contributed by atoms with Gasteiger partial charge in [0.05, 0.1) is 12.3 Å². The molecule has 0 amide bonds. The first-order valence-electron chi connectivity index (χ1n) is 5.48. The zero-order valence-electron chi connectivity index (χ0n) is 10.1. The van der Waals surface area contributed by atoms with Crippen LogP contribution in [-0.2, 0) is 0 Å². The highest BCUT2D eigenvalue weighted by Crippen LogP contribution is 2.33. The summed E-state index contributed by atoms with van der Waals surface area (Å²) in [4.78, 5) is 4.44. The van der Waals surface area contributed by atoms with Crippen LogP contribution in [0.3, 0.4) is 0 Å². The average molecular weight is 268 g/mol. The van der Waals surface area contributed by atoms with Gasteiger partial charge < -0.3 is 4.74 Å². The van der Waals surface area contributed by atoms with Crippen molar-refractivity contribution < 1.29 is 4.74 Å². The molecule has 2 aromatic rings. The Morgan fingerprint density at radius 1 is 1.35 bits per heavy atom. The molecule has 0 unspecified atom stereocenters. The Labute approximate surface area is 110 Å². The van der Waals surface area contributed by atoms with Crippen LogP contribution in [-0.4, -0.2) is 11.6 Å². The molecular weight excluding hydrogens is 254 g/mol. The zero-order valence-corrected chi connectivity index (χ0v) is 11.7. The summed E-state index contributed by atoms with van der Waals surface area (Å²) in [6.45, 7) is 6.63. The number of rotatable bonds is 3. The Balaban J connectivity index is 2.37. The van der Waals surface area contributed by atoms with Crippen molar-refractivity contribution in [1.82, 2.24) is 4.98 Å². The molecule has 0 bridgehead atoms. The molecule has 1 heterocycles. The number of hydrogen-bond acceptors (Lipinski definition) is 3. The summed E-state index contributed by atoms with van der Waals surface area (Å²) in [5.41, 5.74) is 3.09. The maximum absolute atomic E-state index is 6.03. The number of thiazole rings is 1. The van der Waals surface area contributed by atoms with Crippen LogP contribution < -0.4 is 4.74 Å². The fraction of sp³-hybridized carbons (Fsp3) is 0.308. The minimum absolute atomic E-state index is 0.683. The Kier molecular flexibility index (Phi) is 3.69. The number of halogens is 1. The lowest BCUT2D eigenvalue weighted by Gasteiger charge is -2.07. The van der Waals surface area contributed by atoms with Crippen LogP contribution in [0, 0.1) is 13.8 Å². The maximum Gasteiger partial charge on any atom is 0.125 e. The van der Waals surface area contributed by atoms with Gasteiger partial charge in [0.1, 0.15) is 15.1 Å². The van der Waals surface area contributed by atoms with Crippen molar-refractivity contribution >= 4 is 22.9 Å². The van der Waals surface area contributed by atoms with Gasteiger partial charge in [-0.3, -0.25) is 0 Å².